The molecule has 3 nitrogen and oxygen atoms in total. The van der Waals surface area contributed by atoms with Crippen LogP contribution in [-0.4, -0.2) is 50.8 Å². The molecule has 0 atom stereocenters. The molecule has 1 saturated heterocycles. The van der Waals surface area contributed by atoms with Gasteiger partial charge in [-0.1, -0.05) is 6.08 Å². The van der Waals surface area contributed by atoms with Gasteiger partial charge in [-0.25, -0.2) is 0 Å². The molecule has 0 aromatic rings. The second-order valence-electron chi connectivity index (χ2n) is 3.87. The lowest BCUT2D eigenvalue weighted by Crippen LogP contribution is -2.34. The Kier molecular flexibility index (Phi) is 5.83. The van der Waals surface area contributed by atoms with Crippen LogP contribution < -0.4 is 5.32 Å². The maximum atomic E-state index is 5.78. The van der Waals surface area contributed by atoms with Crippen LogP contribution in [0.1, 0.15) is 12.8 Å². The number of ether oxygens (including phenoxy) is 1. The average molecular weight is 198 g/mol. The molecule has 0 spiro atoms. The van der Waals surface area contributed by atoms with Crippen molar-refractivity contribution in [1.29, 1.82) is 0 Å². The van der Waals surface area contributed by atoms with Crippen molar-refractivity contribution in [2.24, 2.45) is 0 Å². The minimum Gasteiger partial charge on any atom is -0.377 e. The summed E-state index contributed by atoms with van der Waals surface area (Å²) < 4.78 is 5.78. The molecule has 1 rings (SSSR count). The Hall–Kier alpha value is -0.380. The summed E-state index contributed by atoms with van der Waals surface area (Å²) in [7, 11) is 2.09. The Morgan fingerprint density at radius 1 is 1.50 bits per heavy atom. The van der Waals surface area contributed by atoms with Gasteiger partial charge < -0.3 is 15.0 Å². The van der Waals surface area contributed by atoms with Crippen molar-refractivity contribution in [1.82, 2.24) is 10.2 Å². The molecular weight excluding hydrogens is 176 g/mol. The predicted octanol–water partition coefficient (Wildman–Crippen LogP) is 0.873. The van der Waals surface area contributed by atoms with Crippen LogP contribution in [0.2, 0.25) is 0 Å². The van der Waals surface area contributed by atoms with Crippen LogP contribution >= 0.6 is 0 Å². The molecular formula is C11H22N2O. The van der Waals surface area contributed by atoms with Crippen LogP contribution in [0.15, 0.2) is 12.7 Å². The first-order chi connectivity index (χ1) is 6.83. The summed E-state index contributed by atoms with van der Waals surface area (Å²) in [6.07, 6.45) is 4.72. The largest absolute Gasteiger partial charge is 0.377 e. The van der Waals surface area contributed by atoms with E-state index in [-0.39, 0.29) is 0 Å². The van der Waals surface area contributed by atoms with Crippen molar-refractivity contribution >= 4 is 0 Å². The maximum Gasteiger partial charge on any atom is 0.0600 e. The zero-order valence-corrected chi connectivity index (χ0v) is 9.17. The zero-order chi connectivity index (χ0) is 10.2. The molecule has 0 amide bonds. The summed E-state index contributed by atoms with van der Waals surface area (Å²) in [6.45, 7) is 8.69. The molecule has 0 saturated carbocycles. The fourth-order valence-electron chi connectivity index (χ4n) is 1.65. The van der Waals surface area contributed by atoms with E-state index in [1.54, 1.807) is 0 Å². The SMILES string of the molecule is C=CCN(C)CCOC1CCNCC1. The number of rotatable bonds is 6. The Bertz CT molecular complexity index is 155. The van der Waals surface area contributed by atoms with Gasteiger partial charge in [-0.05, 0) is 33.0 Å². The fourth-order valence-corrected chi connectivity index (χ4v) is 1.65. The Balaban J connectivity index is 1.99. The highest BCUT2D eigenvalue weighted by atomic mass is 16.5. The van der Waals surface area contributed by atoms with E-state index >= 15 is 0 Å². The first kappa shape index (κ1) is 11.7. The summed E-state index contributed by atoms with van der Waals surface area (Å²) in [5, 5.41) is 3.33. The quantitative estimate of drug-likeness (QED) is 0.641. The lowest BCUT2D eigenvalue weighted by Gasteiger charge is -2.24. The van der Waals surface area contributed by atoms with Crippen LogP contribution in [0.3, 0.4) is 0 Å². The third-order valence-electron chi connectivity index (χ3n) is 2.55. The fraction of sp³-hybridized carbons (Fsp3) is 0.818. The number of nitrogens with one attached hydrogen (secondary N) is 1. The second kappa shape index (κ2) is 6.98. The van der Waals surface area contributed by atoms with Gasteiger partial charge in [0.2, 0.25) is 0 Å². The summed E-state index contributed by atoms with van der Waals surface area (Å²) in [5.74, 6) is 0. The van der Waals surface area contributed by atoms with Crippen molar-refractivity contribution in [2.75, 3.05) is 39.8 Å². The summed E-state index contributed by atoms with van der Waals surface area (Å²) in [6, 6.07) is 0. The smallest absolute Gasteiger partial charge is 0.0600 e. The number of hydrogen-bond acceptors (Lipinski definition) is 3. The monoisotopic (exact) mass is 198 g/mol. The van der Waals surface area contributed by atoms with E-state index < -0.39 is 0 Å². The number of piperidine rings is 1. The molecule has 1 aliphatic heterocycles. The highest BCUT2D eigenvalue weighted by Gasteiger charge is 2.12. The highest BCUT2D eigenvalue weighted by molar-refractivity contribution is 4.71. The van der Waals surface area contributed by atoms with Crippen LogP contribution in [0.5, 0.6) is 0 Å². The van der Waals surface area contributed by atoms with E-state index in [2.05, 4.69) is 23.8 Å². The molecule has 0 bridgehead atoms. The predicted molar refractivity (Wildman–Crippen MR) is 59.5 cm³/mol. The van der Waals surface area contributed by atoms with Crippen molar-refractivity contribution < 1.29 is 4.74 Å². The number of hydrogen-bond donors (Lipinski definition) is 1. The lowest BCUT2D eigenvalue weighted by atomic mass is 10.1. The maximum absolute atomic E-state index is 5.78. The molecule has 0 radical (unpaired) electrons. The van der Waals surface area contributed by atoms with Crippen molar-refractivity contribution in [2.45, 2.75) is 18.9 Å². The third kappa shape index (κ3) is 4.74. The van der Waals surface area contributed by atoms with E-state index in [9.17, 15) is 0 Å². The molecule has 0 aliphatic carbocycles. The summed E-state index contributed by atoms with van der Waals surface area (Å²) >= 11 is 0. The second-order valence-corrected chi connectivity index (χ2v) is 3.87. The molecule has 1 aliphatic rings. The number of likely N-dealkylation sites (N-methyl/N-ethyl adjacent to an activating group) is 1. The summed E-state index contributed by atoms with van der Waals surface area (Å²) in [5.41, 5.74) is 0. The van der Waals surface area contributed by atoms with E-state index in [0.717, 1.165) is 45.6 Å². The van der Waals surface area contributed by atoms with E-state index in [4.69, 9.17) is 4.74 Å². The lowest BCUT2D eigenvalue weighted by molar-refractivity contribution is 0.0243. The first-order valence-electron chi connectivity index (χ1n) is 5.44. The third-order valence-corrected chi connectivity index (χ3v) is 2.55. The minimum atomic E-state index is 0.480. The first-order valence-corrected chi connectivity index (χ1v) is 5.44. The number of nitrogens with zero attached hydrogens (tertiary/aromatic N) is 1. The molecule has 1 fully saturated rings. The molecule has 3 heteroatoms. The average Bonchev–Trinajstić information content (AvgIpc) is 2.20. The zero-order valence-electron chi connectivity index (χ0n) is 9.17. The molecule has 0 aromatic heterocycles. The van der Waals surface area contributed by atoms with Gasteiger partial charge in [0.15, 0.2) is 0 Å². The van der Waals surface area contributed by atoms with E-state index in [1.807, 2.05) is 6.08 Å². The Labute approximate surface area is 87.1 Å². The summed E-state index contributed by atoms with van der Waals surface area (Å²) in [4.78, 5) is 2.22. The highest BCUT2D eigenvalue weighted by Crippen LogP contribution is 2.06. The van der Waals surface area contributed by atoms with Crippen molar-refractivity contribution in [3.05, 3.63) is 12.7 Å². The minimum absolute atomic E-state index is 0.480. The van der Waals surface area contributed by atoms with Crippen molar-refractivity contribution in [3.8, 4) is 0 Å². The van der Waals surface area contributed by atoms with Gasteiger partial charge in [-0.3, -0.25) is 0 Å². The molecule has 14 heavy (non-hydrogen) atoms. The molecule has 0 unspecified atom stereocenters. The van der Waals surface area contributed by atoms with Crippen LogP contribution in [-0.2, 0) is 4.74 Å². The van der Waals surface area contributed by atoms with E-state index in [1.165, 1.54) is 0 Å². The Morgan fingerprint density at radius 2 is 2.21 bits per heavy atom. The van der Waals surface area contributed by atoms with Gasteiger partial charge in [0.1, 0.15) is 0 Å². The van der Waals surface area contributed by atoms with Crippen LogP contribution in [0.25, 0.3) is 0 Å². The normalized spacial score (nSPS) is 18.7. The molecule has 82 valence electrons. The van der Waals surface area contributed by atoms with Gasteiger partial charge in [0.25, 0.3) is 0 Å². The van der Waals surface area contributed by atoms with Gasteiger partial charge in [-0.15, -0.1) is 6.58 Å². The van der Waals surface area contributed by atoms with Crippen molar-refractivity contribution in [3.63, 3.8) is 0 Å². The molecule has 1 heterocycles. The van der Waals surface area contributed by atoms with Crippen LogP contribution in [0.4, 0.5) is 0 Å². The topological polar surface area (TPSA) is 24.5 Å². The van der Waals surface area contributed by atoms with E-state index in [0.29, 0.717) is 6.10 Å². The van der Waals surface area contributed by atoms with Gasteiger partial charge in [0, 0.05) is 13.1 Å². The Morgan fingerprint density at radius 3 is 2.86 bits per heavy atom. The molecule has 1 N–H and O–H groups in total. The van der Waals surface area contributed by atoms with Crippen LogP contribution in [0, 0.1) is 0 Å². The molecule has 0 aromatic carbocycles. The van der Waals surface area contributed by atoms with Gasteiger partial charge >= 0.3 is 0 Å². The van der Waals surface area contributed by atoms with Gasteiger partial charge in [0.05, 0.1) is 12.7 Å². The van der Waals surface area contributed by atoms with Gasteiger partial charge in [-0.2, -0.15) is 0 Å². The standard InChI is InChI=1S/C11H22N2O/c1-3-8-13(2)9-10-14-11-4-6-12-7-5-11/h3,11-12H,1,4-10H2,2H3.